The zero-order valence-electron chi connectivity index (χ0n) is 17.2. The van der Waals surface area contributed by atoms with Crippen molar-refractivity contribution in [1.29, 1.82) is 0 Å². The van der Waals surface area contributed by atoms with Crippen LogP contribution in [0.3, 0.4) is 0 Å². The van der Waals surface area contributed by atoms with Gasteiger partial charge in [0.05, 0.1) is 6.54 Å². The predicted octanol–water partition coefficient (Wildman–Crippen LogP) is 4.02. The number of nitrogens with one attached hydrogen (secondary N) is 1. The molecular formula is C20H35N3O3. The molecule has 0 radical (unpaired) electrons. The van der Waals surface area contributed by atoms with E-state index < -0.39 is 0 Å². The molecule has 1 aromatic heterocycles. The smallest absolute Gasteiger partial charge is 0.273 e. The second kappa shape index (κ2) is 10.3. The summed E-state index contributed by atoms with van der Waals surface area (Å²) >= 11 is 0. The number of hydrogen-bond donors (Lipinski definition) is 1. The molecule has 0 aliphatic rings. The van der Waals surface area contributed by atoms with Crippen molar-refractivity contribution in [3.63, 3.8) is 0 Å². The molecule has 0 spiro atoms. The predicted molar refractivity (Wildman–Crippen MR) is 103 cm³/mol. The monoisotopic (exact) mass is 365 g/mol. The van der Waals surface area contributed by atoms with Gasteiger partial charge in [0.25, 0.3) is 5.91 Å². The lowest BCUT2D eigenvalue weighted by molar-refractivity contribution is -0.133. The SMILES string of the molecule is CCCNC(=O)c1coc(CN(CCC)C(=O)CC(C)CC(C)(C)C)n1. The third kappa shape index (κ3) is 8.02. The molecule has 0 fully saturated rings. The maximum absolute atomic E-state index is 12.7. The van der Waals surface area contributed by atoms with Gasteiger partial charge in [-0.25, -0.2) is 4.98 Å². The number of rotatable bonds is 10. The van der Waals surface area contributed by atoms with Crippen LogP contribution in [0, 0.1) is 11.3 Å². The number of carbonyl (C=O) groups is 2. The highest BCUT2D eigenvalue weighted by Gasteiger charge is 2.22. The van der Waals surface area contributed by atoms with Crippen LogP contribution >= 0.6 is 0 Å². The van der Waals surface area contributed by atoms with Crippen molar-refractivity contribution >= 4 is 11.8 Å². The Labute approximate surface area is 157 Å². The Morgan fingerprint density at radius 3 is 2.54 bits per heavy atom. The van der Waals surface area contributed by atoms with Crippen molar-refractivity contribution in [3.8, 4) is 0 Å². The van der Waals surface area contributed by atoms with Gasteiger partial charge in [-0.3, -0.25) is 9.59 Å². The van der Waals surface area contributed by atoms with Gasteiger partial charge in [0.2, 0.25) is 11.8 Å². The van der Waals surface area contributed by atoms with Gasteiger partial charge in [-0.2, -0.15) is 0 Å². The van der Waals surface area contributed by atoms with E-state index in [4.69, 9.17) is 4.42 Å². The van der Waals surface area contributed by atoms with Gasteiger partial charge < -0.3 is 14.6 Å². The Morgan fingerprint density at radius 1 is 1.27 bits per heavy atom. The fourth-order valence-corrected chi connectivity index (χ4v) is 3.09. The lowest BCUT2D eigenvalue weighted by Crippen LogP contribution is -2.33. The molecule has 1 unspecified atom stereocenters. The summed E-state index contributed by atoms with van der Waals surface area (Å²) in [5, 5.41) is 2.77. The van der Waals surface area contributed by atoms with Crippen molar-refractivity contribution in [3.05, 3.63) is 17.8 Å². The van der Waals surface area contributed by atoms with E-state index in [2.05, 4.69) is 38.0 Å². The summed E-state index contributed by atoms with van der Waals surface area (Å²) in [6, 6.07) is 0. The van der Waals surface area contributed by atoms with Gasteiger partial charge in [0, 0.05) is 19.5 Å². The Kier molecular flexibility index (Phi) is 8.82. The zero-order chi connectivity index (χ0) is 19.7. The number of aromatic nitrogens is 1. The largest absolute Gasteiger partial charge is 0.446 e. The minimum Gasteiger partial charge on any atom is -0.446 e. The minimum atomic E-state index is -0.242. The van der Waals surface area contributed by atoms with Crippen LogP contribution < -0.4 is 5.32 Å². The van der Waals surface area contributed by atoms with Crippen LogP contribution in [0.4, 0.5) is 0 Å². The standard InChI is InChI=1S/C20H35N3O3/c1-7-9-21-19(25)16-14-26-17(22-16)13-23(10-8-2)18(24)11-15(3)12-20(4,5)6/h14-15H,7-13H2,1-6H3,(H,21,25). The molecule has 26 heavy (non-hydrogen) atoms. The van der Waals surface area contributed by atoms with Crippen LogP contribution in [0.25, 0.3) is 0 Å². The molecule has 0 saturated heterocycles. The van der Waals surface area contributed by atoms with E-state index in [1.165, 1.54) is 6.26 Å². The first-order valence-electron chi connectivity index (χ1n) is 9.66. The van der Waals surface area contributed by atoms with Crippen molar-refractivity contribution in [1.82, 2.24) is 15.2 Å². The van der Waals surface area contributed by atoms with Gasteiger partial charge in [-0.1, -0.05) is 41.5 Å². The van der Waals surface area contributed by atoms with Crippen LogP contribution in [-0.4, -0.2) is 34.8 Å². The molecule has 6 nitrogen and oxygen atoms in total. The molecule has 148 valence electrons. The highest BCUT2D eigenvalue weighted by molar-refractivity contribution is 5.91. The average Bonchev–Trinajstić information content (AvgIpc) is 2.98. The second-order valence-corrected chi connectivity index (χ2v) is 8.27. The fraction of sp³-hybridized carbons (Fsp3) is 0.750. The molecule has 2 amide bonds. The van der Waals surface area contributed by atoms with Gasteiger partial charge >= 0.3 is 0 Å². The van der Waals surface area contributed by atoms with Gasteiger partial charge in [-0.15, -0.1) is 0 Å². The summed E-state index contributed by atoms with van der Waals surface area (Å²) in [4.78, 5) is 30.6. The molecule has 0 aromatic carbocycles. The molecule has 0 bridgehead atoms. The summed E-state index contributed by atoms with van der Waals surface area (Å²) < 4.78 is 5.41. The Morgan fingerprint density at radius 2 is 1.96 bits per heavy atom. The second-order valence-electron chi connectivity index (χ2n) is 8.27. The first-order valence-corrected chi connectivity index (χ1v) is 9.66. The van der Waals surface area contributed by atoms with Gasteiger partial charge in [0.1, 0.15) is 6.26 Å². The molecule has 6 heteroatoms. The van der Waals surface area contributed by atoms with Crippen LogP contribution in [0.2, 0.25) is 0 Å². The van der Waals surface area contributed by atoms with Crippen LogP contribution in [0.15, 0.2) is 10.7 Å². The molecule has 1 heterocycles. The van der Waals surface area contributed by atoms with E-state index in [1.54, 1.807) is 4.90 Å². The summed E-state index contributed by atoms with van der Waals surface area (Å²) in [7, 11) is 0. The maximum atomic E-state index is 12.7. The number of hydrogen-bond acceptors (Lipinski definition) is 4. The number of oxazole rings is 1. The third-order valence-electron chi connectivity index (χ3n) is 3.98. The van der Waals surface area contributed by atoms with E-state index in [-0.39, 0.29) is 22.9 Å². The van der Waals surface area contributed by atoms with Gasteiger partial charge in [-0.05, 0) is 30.6 Å². The topological polar surface area (TPSA) is 75.4 Å². The molecule has 1 N–H and O–H groups in total. The summed E-state index contributed by atoms with van der Waals surface area (Å²) in [6.45, 7) is 14.3. The average molecular weight is 366 g/mol. The fourth-order valence-electron chi connectivity index (χ4n) is 3.09. The highest BCUT2D eigenvalue weighted by Crippen LogP contribution is 2.26. The number of carbonyl (C=O) groups excluding carboxylic acids is 2. The number of amides is 2. The van der Waals surface area contributed by atoms with Gasteiger partial charge in [0.15, 0.2) is 5.69 Å². The maximum Gasteiger partial charge on any atom is 0.273 e. The first kappa shape index (κ1) is 22.2. The summed E-state index contributed by atoms with van der Waals surface area (Å²) in [5.41, 5.74) is 0.469. The molecular weight excluding hydrogens is 330 g/mol. The van der Waals surface area contributed by atoms with Crippen molar-refractivity contribution in [2.75, 3.05) is 13.1 Å². The van der Waals surface area contributed by atoms with Crippen LogP contribution in [0.5, 0.6) is 0 Å². The minimum absolute atomic E-state index is 0.110. The highest BCUT2D eigenvalue weighted by atomic mass is 16.3. The van der Waals surface area contributed by atoms with E-state index >= 15 is 0 Å². The molecule has 1 rings (SSSR count). The Balaban J connectivity index is 2.68. The Hall–Kier alpha value is -1.85. The van der Waals surface area contributed by atoms with E-state index in [0.29, 0.717) is 37.9 Å². The zero-order valence-corrected chi connectivity index (χ0v) is 17.2. The quantitative estimate of drug-likeness (QED) is 0.679. The van der Waals surface area contributed by atoms with Crippen LogP contribution in [0.1, 0.15) is 83.6 Å². The first-order chi connectivity index (χ1) is 12.2. The van der Waals surface area contributed by atoms with E-state index in [9.17, 15) is 9.59 Å². The van der Waals surface area contributed by atoms with Crippen LogP contribution in [-0.2, 0) is 11.3 Å². The molecule has 0 saturated carbocycles. The lowest BCUT2D eigenvalue weighted by atomic mass is 9.84. The molecule has 1 atom stereocenters. The van der Waals surface area contributed by atoms with E-state index in [0.717, 1.165) is 19.3 Å². The van der Waals surface area contributed by atoms with Crippen molar-refractivity contribution in [2.24, 2.45) is 11.3 Å². The molecule has 0 aliphatic heterocycles. The molecule has 0 aliphatic carbocycles. The summed E-state index contributed by atoms with van der Waals surface area (Å²) in [5.74, 6) is 0.589. The Bertz CT molecular complexity index is 575. The normalized spacial score (nSPS) is 12.7. The number of nitrogens with zero attached hydrogens (tertiary/aromatic N) is 2. The lowest BCUT2D eigenvalue weighted by Gasteiger charge is -2.26. The summed E-state index contributed by atoms with van der Waals surface area (Å²) in [6.07, 6.45) is 4.60. The third-order valence-corrected chi connectivity index (χ3v) is 3.98. The molecule has 1 aromatic rings. The van der Waals surface area contributed by atoms with Crippen molar-refractivity contribution < 1.29 is 14.0 Å². The van der Waals surface area contributed by atoms with E-state index in [1.807, 2.05) is 13.8 Å². The van der Waals surface area contributed by atoms with Crippen molar-refractivity contribution in [2.45, 2.75) is 73.8 Å².